The van der Waals surface area contributed by atoms with Gasteiger partial charge >= 0.3 is 11.9 Å². The van der Waals surface area contributed by atoms with E-state index in [2.05, 4.69) is 73.1 Å². The van der Waals surface area contributed by atoms with Gasteiger partial charge in [-0.05, 0) is 101 Å². The zero-order chi connectivity index (χ0) is 81.0. The molecule has 3 aromatic heterocycles. The van der Waals surface area contributed by atoms with Crippen LogP contribution in [0.4, 0.5) is 0 Å². The van der Waals surface area contributed by atoms with E-state index in [4.69, 9.17) is 11.5 Å². The van der Waals surface area contributed by atoms with Crippen LogP contribution in [0.25, 0.3) is 21.8 Å². The van der Waals surface area contributed by atoms with Gasteiger partial charge in [0.2, 0.25) is 59.1 Å². The third kappa shape index (κ3) is 30.0. The number of H-pyrrole nitrogens is 3. The first-order chi connectivity index (χ1) is 51.3. The van der Waals surface area contributed by atoms with E-state index in [9.17, 15) is 82.4 Å². The van der Waals surface area contributed by atoms with Crippen LogP contribution in [0.3, 0.4) is 0 Å². The van der Waals surface area contributed by atoms with Crippen LogP contribution in [0.1, 0.15) is 138 Å². The number of primary amides is 1. The van der Waals surface area contributed by atoms with Gasteiger partial charge in [-0.15, -0.1) is 0 Å². The SMILES string of the molecule is CCNC(=O)[C@H](CSSC[C@H](NC(=O)[C@H](Cc1c[nH]c2ccccc12)NC(=O)[C@@H](NC(=O)[C@H](CC(C)C)NC(=O)[C@H](CCC(=O)O)CC(=O)CNC(=O)[C@@H](CC(=O)[C@H](Cc1cnc[nH]1)NC(=O)[C@@H](N)Cc1c[nH]c2ccccc12)CC(C)C)C(C)C)C(=O)N[C@H](C(N)=O)[C@H](C)O)NC(=O)[C@H](CC(=O)O)NC(C)(C)C. The molecule has 0 aliphatic heterocycles. The summed E-state index contributed by atoms with van der Waals surface area (Å²) in [6, 6.07) is 2.22. The maximum atomic E-state index is 15.0. The van der Waals surface area contributed by atoms with Gasteiger partial charge in [0.1, 0.15) is 36.3 Å². The monoisotopic (exact) mass is 1560 g/mol. The zero-order valence-corrected chi connectivity index (χ0v) is 65.1. The topological polar surface area (TPSA) is 532 Å². The van der Waals surface area contributed by atoms with Crippen molar-refractivity contribution < 1.29 is 82.4 Å². The number of benzene rings is 2. The maximum absolute atomic E-state index is 15.0. The standard InChI is InChI=1S/C74H108N16O17S2/c1-12-78-68(102)57(86-71(105)56(30-61(96)97)90-74(9,10)11)35-108-109-36-58(72(106)89-63(41(8)91)64(76)98)87-69(103)55(27-45-32-80-52-20-16-14-18-49(45)52)85-73(107)62(40(6)7)88-70(104)54(24-39(4)5)84-66(100)42(21-22-60(94)95)25-47(92)34-81-65(99)43(23-38(2)3)28-59(93)53(29-46-33-77-37-82-46)83-67(101)50(75)26-44-31-79-51-19-15-13-17-48(44)51/h13-20,31-33,37-43,50,53-58,62-63,79-80,90-91H,12,21-30,34-36,75H2,1-11H3,(H2,76,98)(H,77,82)(H,78,102)(H,81,99)(H,83,101)(H,84,100)(H,85,107)(H,86,105)(H,87,103)(H,88,104)(H,89,106)(H,94,95)(H,96,97)/t41-,42+,43+,50-,53-,54-,55-,56-,57-,58-,62-,63-/m0/s1. The highest BCUT2D eigenvalue weighted by Crippen LogP contribution is 2.26. The number of likely N-dealkylation sites (N-methyl/N-ethyl adjacent to an activating group) is 1. The number of carbonyl (C=O) groups is 14. The highest BCUT2D eigenvalue weighted by atomic mass is 33.1. The minimum Gasteiger partial charge on any atom is -0.481 e. The number of fused-ring (bicyclic) bond motifs is 2. The third-order valence-corrected chi connectivity index (χ3v) is 20.0. The van der Waals surface area contributed by atoms with E-state index < -0.39 is 192 Å². The van der Waals surface area contributed by atoms with Gasteiger partial charge in [-0.25, -0.2) is 4.98 Å². The Morgan fingerprint density at radius 3 is 1.58 bits per heavy atom. The molecular formula is C74H108N16O17S2. The Balaban J connectivity index is 1.34. The number of ketones is 2. The number of para-hydroxylation sites is 2. The number of carboxylic acid groups (broad SMARTS) is 2. The van der Waals surface area contributed by atoms with E-state index in [1.165, 1.54) is 19.4 Å². The van der Waals surface area contributed by atoms with Crippen molar-refractivity contribution in [3.8, 4) is 0 Å². The van der Waals surface area contributed by atoms with Gasteiger partial charge in [-0.3, -0.25) is 67.1 Å². The molecule has 10 amide bonds. The average Bonchev–Trinajstić information content (AvgIpc) is 1.73. The Hall–Kier alpha value is -9.71. The number of aromatic nitrogens is 4. The predicted octanol–water partition coefficient (Wildman–Crippen LogP) is 1.62. The summed E-state index contributed by atoms with van der Waals surface area (Å²) in [5.41, 5.74) is 14.6. The molecular weight excluding hydrogens is 1450 g/mol. The molecule has 20 N–H and O–H groups in total. The van der Waals surface area contributed by atoms with Gasteiger partial charge in [0.25, 0.3) is 0 Å². The number of carbonyl (C=O) groups excluding carboxylic acids is 12. The first-order valence-corrected chi connectivity index (χ1v) is 38.8. The molecule has 0 saturated heterocycles. The van der Waals surface area contributed by atoms with Crippen molar-refractivity contribution in [1.29, 1.82) is 0 Å². The minimum atomic E-state index is -1.65. The summed E-state index contributed by atoms with van der Waals surface area (Å²) in [6.45, 7) is 17.9. The van der Waals surface area contributed by atoms with Gasteiger partial charge in [-0.1, -0.05) is 99.5 Å². The Morgan fingerprint density at radius 1 is 0.532 bits per heavy atom. The largest absolute Gasteiger partial charge is 0.481 e. The lowest BCUT2D eigenvalue weighted by Gasteiger charge is -2.29. The molecule has 0 bridgehead atoms. The number of carboxylic acids is 2. The minimum absolute atomic E-state index is 0.0119. The van der Waals surface area contributed by atoms with Crippen LogP contribution in [0.2, 0.25) is 0 Å². The van der Waals surface area contributed by atoms with Crippen LogP contribution in [0, 0.1) is 29.6 Å². The number of aliphatic carboxylic acids is 2. The van der Waals surface area contributed by atoms with E-state index in [1.807, 2.05) is 38.1 Å². The van der Waals surface area contributed by atoms with Crippen LogP contribution in [-0.4, -0.2) is 208 Å². The number of rotatable bonds is 48. The molecule has 5 rings (SSSR count). The van der Waals surface area contributed by atoms with Gasteiger partial charge in [-0.2, -0.15) is 0 Å². The lowest BCUT2D eigenvalue weighted by Crippen LogP contribution is -2.61. The Labute approximate surface area is 640 Å². The molecule has 12 atom stereocenters. The molecule has 3 heterocycles. The Morgan fingerprint density at radius 2 is 1.06 bits per heavy atom. The number of imidazole rings is 1. The second kappa shape index (κ2) is 43.5. The highest BCUT2D eigenvalue weighted by molar-refractivity contribution is 8.76. The summed E-state index contributed by atoms with van der Waals surface area (Å²) in [6.07, 6.45) is 2.27. The molecule has 0 fully saturated rings. The fraction of sp³-hybridized carbons (Fsp3) is 0.554. The molecule has 0 saturated carbocycles. The molecule has 33 nitrogen and oxygen atoms in total. The number of aliphatic hydroxyl groups is 1. The van der Waals surface area contributed by atoms with Crippen LogP contribution in [0.5, 0.6) is 0 Å². The highest BCUT2D eigenvalue weighted by Gasteiger charge is 2.38. The number of hydrogen-bond acceptors (Lipinski definition) is 20. The lowest BCUT2D eigenvalue weighted by molar-refractivity contribution is -0.140. The zero-order valence-electron chi connectivity index (χ0n) is 63.5. The summed E-state index contributed by atoms with van der Waals surface area (Å²) >= 11 is 0. The average molecular weight is 1560 g/mol. The molecule has 0 unspecified atom stereocenters. The van der Waals surface area contributed by atoms with E-state index in [0.717, 1.165) is 38.1 Å². The van der Waals surface area contributed by atoms with Crippen LogP contribution in [-0.2, 0) is 86.4 Å². The smallest absolute Gasteiger partial charge is 0.305 e. The Bertz CT molecular complexity index is 3950. The number of hydrogen-bond donors (Lipinski definition) is 18. The van der Waals surface area contributed by atoms with Crippen molar-refractivity contribution in [3.63, 3.8) is 0 Å². The molecule has 109 heavy (non-hydrogen) atoms. The lowest BCUT2D eigenvalue weighted by atomic mass is 9.88. The number of nitrogens with two attached hydrogens (primary N) is 2. The number of nitrogens with zero attached hydrogens (tertiary/aromatic N) is 1. The van der Waals surface area contributed by atoms with Gasteiger partial charge in [0.05, 0.1) is 43.5 Å². The second-order valence-electron chi connectivity index (χ2n) is 29.4. The quantitative estimate of drug-likeness (QED) is 0.0194. The molecule has 2 aromatic carbocycles. The summed E-state index contributed by atoms with van der Waals surface area (Å²) < 4.78 is 0. The predicted molar refractivity (Wildman–Crippen MR) is 411 cm³/mol. The molecule has 0 aliphatic rings. The van der Waals surface area contributed by atoms with Crippen molar-refractivity contribution in [2.45, 2.75) is 206 Å². The van der Waals surface area contributed by atoms with Crippen molar-refractivity contribution in [1.82, 2.24) is 73.1 Å². The van der Waals surface area contributed by atoms with Crippen molar-refractivity contribution in [2.24, 2.45) is 41.1 Å². The van der Waals surface area contributed by atoms with Gasteiger partial charge in [0, 0.05) is 114 Å². The molecule has 35 heteroatoms. The van der Waals surface area contributed by atoms with E-state index in [-0.39, 0.29) is 74.8 Å². The fourth-order valence-electron chi connectivity index (χ4n) is 12.1. The van der Waals surface area contributed by atoms with E-state index in [1.54, 1.807) is 92.0 Å². The molecule has 0 radical (unpaired) electrons. The fourth-order valence-corrected chi connectivity index (χ4v) is 14.4. The number of Topliss-reactive ketones (excluding diaryl/α,β-unsaturated/α-hetero) is 2. The number of aliphatic hydroxyl groups excluding tert-OH is 1. The van der Waals surface area contributed by atoms with E-state index >= 15 is 0 Å². The number of nitrogens with one attached hydrogen (secondary N) is 13. The molecule has 5 aromatic rings. The van der Waals surface area contributed by atoms with Crippen LogP contribution in [0.15, 0.2) is 73.4 Å². The molecule has 0 spiro atoms. The first kappa shape index (κ1) is 89.9. The number of amides is 10. The van der Waals surface area contributed by atoms with Crippen molar-refractivity contribution in [2.75, 3.05) is 24.6 Å². The van der Waals surface area contributed by atoms with Crippen molar-refractivity contribution in [3.05, 3.63) is 90.3 Å². The summed E-state index contributed by atoms with van der Waals surface area (Å²) in [4.78, 5) is 206. The first-order valence-electron chi connectivity index (χ1n) is 36.3. The summed E-state index contributed by atoms with van der Waals surface area (Å²) in [5.74, 6) is -16.3. The third-order valence-electron chi connectivity index (χ3n) is 17.6. The van der Waals surface area contributed by atoms with Crippen LogP contribution >= 0.6 is 21.6 Å². The van der Waals surface area contributed by atoms with Gasteiger partial charge < -0.3 is 94.9 Å². The second-order valence-corrected chi connectivity index (χ2v) is 32.0. The van der Waals surface area contributed by atoms with Crippen molar-refractivity contribution >= 4 is 126 Å². The molecule has 0 aliphatic carbocycles. The van der Waals surface area contributed by atoms with E-state index in [0.29, 0.717) is 22.2 Å². The molecule has 598 valence electrons. The number of aromatic amines is 3. The van der Waals surface area contributed by atoms with Gasteiger partial charge in [0.15, 0.2) is 11.6 Å². The maximum Gasteiger partial charge on any atom is 0.305 e. The van der Waals surface area contributed by atoms with Crippen LogP contribution < -0.4 is 64.6 Å². The Kier molecular flexibility index (Phi) is 35.9. The summed E-state index contributed by atoms with van der Waals surface area (Å²) in [5, 5.41) is 58.1. The summed E-state index contributed by atoms with van der Waals surface area (Å²) in [7, 11) is 1.92. The normalized spacial score (nSPS) is 15.0.